The van der Waals surface area contributed by atoms with Crippen LogP contribution in [0.3, 0.4) is 0 Å². The summed E-state index contributed by atoms with van der Waals surface area (Å²) in [4.78, 5) is 4.77. The summed E-state index contributed by atoms with van der Waals surface area (Å²) in [6.07, 6.45) is 9.88. The van der Waals surface area contributed by atoms with Gasteiger partial charge in [-0.05, 0) is 43.7 Å². The summed E-state index contributed by atoms with van der Waals surface area (Å²) < 4.78 is 0. The number of aromatic nitrogens is 1. The third-order valence-corrected chi connectivity index (χ3v) is 4.52. The first-order chi connectivity index (χ1) is 8.81. The van der Waals surface area contributed by atoms with E-state index in [9.17, 15) is 0 Å². The lowest BCUT2D eigenvalue weighted by atomic mass is 9.81. The number of aryl methyl sites for hydroxylation is 2. The predicted octanol–water partition coefficient (Wildman–Crippen LogP) is 2.64. The van der Waals surface area contributed by atoms with Crippen molar-refractivity contribution in [3.8, 4) is 0 Å². The molecule has 3 rings (SSSR count). The maximum absolute atomic E-state index is 6.01. The van der Waals surface area contributed by atoms with Gasteiger partial charge in [0, 0.05) is 12.2 Å². The van der Waals surface area contributed by atoms with Crippen LogP contribution in [0.15, 0.2) is 12.1 Å². The lowest BCUT2D eigenvalue weighted by Crippen LogP contribution is -2.47. The van der Waals surface area contributed by atoms with Crippen LogP contribution in [0.4, 0.5) is 5.82 Å². The first kappa shape index (κ1) is 12.0. The summed E-state index contributed by atoms with van der Waals surface area (Å²) in [5.41, 5.74) is 8.83. The molecule has 0 bridgehead atoms. The Morgan fingerprint density at radius 3 is 2.72 bits per heavy atom. The molecule has 0 unspecified atom stereocenters. The van der Waals surface area contributed by atoms with Crippen molar-refractivity contribution in [2.45, 2.75) is 56.9 Å². The van der Waals surface area contributed by atoms with Crippen LogP contribution in [-0.2, 0) is 12.8 Å². The van der Waals surface area contributed by atoms with Crippen molar-refractivity contribution >= 4 is 5.82 Å². The summed E-state index contributed by atoms with van der Waals surface area (Å²) in [7, 11) is 0. The lowest BCUT2D eigenvalue weighted by Gasteiger charge is -2.37. The van der Waals surface area contributed by atoms with Gasteiger partial charge >= 0.3 is 0 Å². The molecule has 2 aliphatic carbocycles. The summed E-state index contributed by atoms with van der Waals surface area (Å²) in [6.45, 7) is 0.714. The molecule has 0 aromatic carbocycles. The number of hydrogen-bond acceptors (Lipinski definition) is 3. The number of fused-ring (bicyclic) bond motifs is 1. The zero-order valence-electron chi connectivity index (χ0n) is 11.0. The Kier molecular flexibility index (Phi) is 3.25. The van der Waals surface area contributed by atoms with Crippen LogP contribution >= 0.6 is 0 Å². The third kappa shape index (κ3) is 2.24. The zero-order chi connectivity index (χ0) is 12.4. The number of nitrogens with one attached hydrogen (secondary N) is 1. The molecule has 1 fully saturated rings. The van der Waals surface area contributed by atoms with Crippen molar-refractivity contribution in [1.29, 1.82) is 0 Å². The van der Waals surface area contributed by atoms with E-state index in [0.717, 1.165) is 12.2 Å². The Bertz CT molecular complexity index is 422. The summed E-state index contributed by atoms with van der Waals surface area (Å²) in [6, 6.07) is 4.38. The van der Waals surface area contributed by atoms with Crippen LogP contribution in [0.25, 0.3) is 0 Å². The van der Waals surface area contributed by atoms with Crippen LogP contribution in [0.5, 0.6) is 0 Å². The van der Waals surface area contributed by atoms with Crippen molar-refractivity contribution in [2.75, 3.05) is 11.9 Å². The van der Waals surface area contributed by atoms with Crippen molar-refractivity contribution in [3.63, 3.8) is 0 Å². The Morgan fingerprint density at radius 1 is 1.11 bits per heavy atom. The quantitative estimate of drug-likeness (QED) is 0.860. The molecular weight excluding hydrogens is 222 g/mol. The highest BCUT2D eigenvalue weighted by molar-refractivity contribution is 5.43. The van der Waals surface area contributed by atoms with Crippen molar-refractivity contribution < 1.29 is 0 Å². The first-order valence-electron chi connectivity index (χ1n) is 7.28. The Hall–Kier alpha value is -1.09. The molecule has 18 heavy (non-hydrogen) atoms. The second kappa shape index (κ2) is 4.88. The van der Waals surface area contributed by atoms with E-state index in [1.54, 1.807) is 0 Å². The van der Waals surface area contributed by atoms with Gasteiger partial charge in [-0.3, -0.25) is 0 Å². The van der Waals surface area contributed by atoms with Gasteiger partial charge in [0.15, 0.2) is 0 Å². The first-order valence-corrected chi connectivity index (χ1v) is 7.28. The zero-order valence-corrected chi connectivity index (χ0v) is 11.0. The summed E-state index contributed by atoms with van der Waals surface area (Å²) >= 11 is 0. The highest BCUT2D eigenvalue weighted by atomic mass is 15.1. The molecule has 1 saturated carbocycles. The van der Waals surface area contributed by atoms with E-state index in [4.69, 9.17) is 10.7 Å². The second-order valence-electron chi connectivity index (χ2n) is 5.83. The van der Waals surface area contributed by atoms with Crippen LogP contribution < -0.4 is 11.1 Å². The number of anilines is 1. The molecule has 0 spiro atoms. The van der Waals surface area contributed by atoms with Crippen LogP contribution in [-0.4, -0.2) is 17.1 Å². The van der Waals surface area contributed by atoms with Crippen LogP contribution in [0, 0.1) is 0 Å². The highest BCUT2D eigenvalue weighted by Gasteiger charge is 2.30. The molecule has 0 amide bonds. The molecule has 0 radical (unpaired) electrons. The number of rotatable bonds is 3. The fraction of sp³-hybridized carbons (Fsp3) is 0.667. The standard InChI is InChI=1S/C15H23N3/c16-11-15(9-2-1-3-10-15)18-14-8-7-12-5-4-6-13(12)17-14/h7-8H,1-6,9-11,16H2,(H,17,18). The van der Waals surface area contributed by atoms with E-state index in [1.807, 2.05) is 0 Å². The van der Waals surface area contributed by atoms with Gasteiger partial charge in [0.25, 0.3) is 0 Å². The van der Waals surface area contributed by atoms with Crippen LogP contribution in [0.1, 0.15) is 49.8 Å². The van der Waals surface area contributed by atoms with E-state index in [1.165, 1.54) is 56.2 Å². The second-order valence-corrected chi connectivity index (χ2v) is 5.83. The van der Waals surface area contributed by atoms with Gasteiger partial charge in [0.1, 0.15) is 5.82 Å². The molecule has 3 nitrogen and oxygen atoms in total. The Balaban J connectivity index is 1.78. The maximum Gasteiger partial charge on any atom is 0.126 e. The van der Waals surface area contributed by atoms with E-state index in [0.29, 0.717) is 6.54 Å². The van der Waals surface area contributed by atoms with E-state index >= 15 is 0 Å². The molecule has 3 heteroatoms. The molecular formula is C15H23N3. The number of pyridine rings is 1. The van der Waals surface area contributed by atoms with Crippen molar-refractivity contribution in [3.05, 3.63) is 23.4 Å². The maximum atomic E-state index is 6.01. The normalized spacial score (nSPS) is 21.6. The Labute approximate surface area is 109 Å². The van der Waals surface area contributed by atoms with Gasteiger partial charge in [-0.15, -0.1) is 0 Å². The van der Waals surface area contributed by atoms with Crippen LogP contribution in [0.2, 0.25) is 0 Å². The van der Waals surface area contributed by atoms with Gasteiger partial charge in [-0.2, -0.15) is 0 Å². The fourth-order valence-electron chi connectivity index (χ4n) is 3.37. The van der Waals surface area contributed by atoms with Gasteiger partial charge < -0.3 is 11.1 Å². The van der Waals surface area contributed by atoms with E-state index in [-0.39, 0.29) is 5.54 Å². The van der Waals surface area contributed by atoms with Crippen molar-refractivity contribution in [1.82, 2.24) is 4.98 Å². The molecule has 98 valence electrons. The highest BCUT2D eigenvalue weighted by Crippen LogP contribution is 2.31. The number of nitrogens with zero attached hydrogens (tertiary/aromatic N) is 1. The van der Waals surface area contributed by atoms with Crippen molar-refractivity contribution in [2.24, 2.45) is 5.73 Å². The average molecular weight is 245 g/mol. The van der Waals surface area contributed by atoms with Gasteiger partial charge in [-0.1, -0.05) is 25.3 Å². The SMILES string of the molecule is NCC1(Nc2ccc3c(n2)CCC3)CCCCC1. The number of hydrogen-bond donors (Lipinski definition) is 2. The van der Waals surface area contributed by atoms with Gasteiger partial charge in [-0.25, -0.2) is 4.98 Å². The third-order valence-electron chi connectivity index (χ3n) is 4.52. The minimum absolute atomic E-state index is 0.0953. The molecule has 1 aromatic rings. The molecule has 0 saturated heterocycles. The monoisotopic (exact) mass is 245 g/mol. The molecule has 3 N–H and O–H groups in total. The number of nitrogens with two attached hydrogens (primary N) is 1. The lowest BCUT2D eigenvalue weighted by molar-refractivity contribution is 0.330. The average Bonchev–Trinajstić information content (AvgIpc) is 2.87. The van der Waals surface area contributed by atoms with E-state index in [2.05, 4.69) is 17.4 Å². The molecule has 0 aliphatic heterocycles. The minimum atomic E-state index is 0.0953. The summed E-state index contributed by atoms with van der Waals surface area (Å²) in [5.74, 6) is 1.03. The van der Waals surface area contributed by atoms with Gasteiger partial charge in [0.05, 0.1) is 5.54 Å². The predicted molar refractivity (Wildman–Crippen MR) is 74.8 cm³/mol. The minimum Gasteiger partial charge on any atom is -0.363 e. The Morgan fingerprint density at radius 2 is 1.94 bits per heavy atom. The molecule has 1 aromatic heterocycles. The molecule has 2 aliphatic rings. The fourth-order valence-corrected chi connectivity index (χ4v) is 3.37. The topological polar surface area (TPSA) is 50.9 Å². The molecule has 0 atom stereocenters. The molecule has 1 heterocycles. The summed E-state index contributed by atoms with van der Waals surface area (Å²) in [5, 5.41) is 3.64. The largest absolute Gasteiger partial charge is 0.363 e. The van der Waals surface area contributed by atoms with Gasteiger partial charge in [0.2, 0.25) is 0 Å². The smallest absolute Gasteiger partial charge is 0.126 e. The van der Waals surface area contributed by atoms with E-state index < -0.39 is 0 Å².